The fourth-order valence-electron chi connectivity index (χ4n) is 2.74. The molecule has 144 valence electrons. The number of aromatic nitrogens is 1. The standard InChI is InChI=1S/C20H17ClN2O3S2/c21-14-3-6-19(22-11-14)28-13-20(24)23(12-16-2-1-9-27-16)15-4-5-17-18(10-15)26-8-7-25-17/h1-6,9-11H,7-8,12-13H2. The van der Waals surface area contributed by atoms with Crippen LogP contribution in [0.5, 0.6) is 11.5 Å². The van der Waals surface area contributed by atoms with E-state index in [0.29, 0.717) is 36.3 Å². The summed E-state index contributed by atoms with van der Waals surface area (Å²) < 4.78 is 11.3. The van der Waals surface area contributed by atoms with Crippen molar-refractivity contribution in [2.45, 2.75) is 11.6 Å². The van der Waals surface area contributed by atoms with E-state index < -0.39 is 0 Å². The minimum absolute atomic E-state index is 0.00757. The predicted octanol–water partition coefficient (Wildman–Crippen LogP) is 4.89. The van der Waals surface area contributed by atoms with Crippen LogP contribution in [0.4, 0.5) is 5.69 Å². The Morgan fingerprint density at radius 2 is 2.04 bits per heavy atom. The van der Waals surface area contributed by atoms with Gasteiger partial charge in [-0.05, 0) is 35.7 Å². The largest absolute Gasteiger partial charge is 0.486 e. The Labute approximate surface area is 176 Å². The van der Waals surface area contributed by atoms with E-state index in [1.54, 1.807) is 28.5 Å². The number of thioether (sulfide) groups is 1. The number of benzene rings is 1. The minimum atomic E-state index is -0.00757. The lowest BCUT2D eigenvalue weighted by Gasteiger charge is -2.25. The number of ether oxygens (including phenoxy) is 2. The van der Waals surface area contributed by atoms with Crippen molar-refractivity contribution in [2.75, 3.05) is 23.9 Å². The molecule has 0 bridgehead atoms. The molecule has 0 saturated heterocycles. The molecular weight excluding hydrogens is 416 g/mol. The lowest BCUT2D eigenvalue weighted by molar-refractivity contribution is -0.116. The van der Waals surface area contributed by atoms with Crippen molar-refractivity contribution in [3.8, 4) is 11.5 Å². The first-order valence-corrected chi connectivity index (χ1v) is 10.9. The van der Waals surface area contributed by atoms with E-state index in [2.05, 4.69) is 4.98 Å². The number of hydrogen-bond acceptors (Lipinski definition) is 6. The Morgan fingerprint density at radius 3 is 2.79 bits per heavy atom. The lowest BCUT2D eigenvalue weighted by atomic mass is 10.2. The fraction of sp³-hybridized carbons (Fsp3) is 0.200. The summed E-state index contributed by atoms with van der Waals surface area (Å²) in [5.74, 6) is 1.64. The van der Waals surface area contributed by atoms with E-state index in [1.807, 2.05) is 41.8 Å². The SMILES string of the molecule is O=C(CSc1ccc(Cl)cn1)N(Cc1cccs1)c1ccc2c(c1)OCCO2. The molecule has 0 aliphatic carbocycles. The van der Waals surface area contributed by atoms with Crippen LogP contribution in [0, 0.1) is 0 Å². The Kier molecular flexibility index (Phi) is 6.04. The number of anilines is 1. The maximum absolute atomic E-state index is 13.1. The van der Waals surface area contributed by atoms with Crippen LogP contribution >= 0.6 is 34.7 Å². The number of halogens is 1. The number of carbonyl (C=O) groups excluding carboxylic acids is 1. The van der Waals surface area contributed by atoms with Gasteiger partial charge in [-0.15, -0.1) is 11.3 Å². The first-order valence-electron chi connectivity index (χ1n) is 8.66. The number of pyridine rings is 1. The monoisotopic (exact) mass is 432 g/mol. The number of thiophene rings is 1. The molecule has 3 aromatic rings. The van der Waals surface area contributed by atoms with Gasteiger partial charge in [-0.3, -0.25) is 4.79 Å². The second kappa shape index (κ2) is 8.86. The van der Waals surface area contributed by atoms with Crippen molar-refractivity contribution in [2.24, 2.45) is 0 Å². The molecule has 2 aromatic heterocycles. The van der Waals surface area contributed by atoms with Gasteiger partial charge >= 0.3 is 0 Å². The Bertz CT molecular complexity index is 949. The summed E-state index contributed by atoms with van der Waals surface area (Å²) in [5, 5.41) is 3.34. The van der Waals surface area contributed by atoms with Crippen LogP contribution < -0.4 is 14.4 Å². The van der Waals surface area contributed by atoms with Crippen molar-refractivity contribution in [1.29, 1.82) is 0 Å². The summed E-state index contributed by atoms with van der Waals surface area (Å²) in [6, 6.07) is 13.2. The predicted molar refractivity (Wildman–Crippen MR) is 113 cm³/mol. The van der Waals surface area contributed by atoms with Gasteiger partial charge in [0.1, 0.15) is 13.2 Å². The number of hydrogen-bond donors (Lipinski definition) is 0. The number of carbonyl (C=O) groups is 1. The summed E-state index contributed by atoms with van der Waals surface area (Å²) in [7, 11) is 0. The molecule has 8 heteroatoms. The highest BCUT2D eigenvalue weighted by atomic mass is 35.5. The number of amides is 1. The molecule has 0 spiro atoms. The minimum Gasteiger partial charge on any atom is -0.486 e. The zero-order valence-corrected chi connectivity index (χ0v) is 17.2. The molecular formula is C20H17ClN2O3S2. The zero-order chi connectivity index (χ0) is 19.3. The summed E-state index contributed by atoms with van der Waals surface area (Å²) in [4.78, 5) is 20.2. The molecule has 5 nitrogen and oxygen atoms in total. The van der Waals surface area contributed by atoms with Gasteiger partial charge < -0.3 is 14.4 Å². The van der Waals surface area contributed by atoms with E-state index in [9.17, 15) is 4.79 Å². The van der Waals surface area contributed by atoms with Crippen molar-refractivity contribution in [1.82, 2.24) is 4.98 Å². The van der Waals surface area contributed by atoms with Gasteiger partial charge in [-0.1, -0.05) is 29.4 Å². The van der Waals surface area contributed by atoms with Crippen LogP contribution in [0.3, 0.4) is 0 Å². The van der Waals surface area contributed by atoms with Gasteiger partial charge in [-0.2, -0.15) is 0 Å². The highest BCUT2D eigenvalue weighted by Gasteiger charge is 2.20. The van der Waals surface area contributed by atoms with Crippen molar-refractivity contribution in [3.63, 3.8) is 0 Å². The third-order valence-electron chi connectivity index (χ3n) is 4.08. The molecule has 3 heterocycles. The number of rotatable bonds is 6. The molecule has 0 radical (unpaired) electrons. The molecule has 0 fully saturated rings. The van der Waals surface area contributed by atoms with Crippen molar-refractivity contribution < 1.29 is 14.3 Å². The van der Waals surface area contributed by atoms with Crippen molar-refractivity contribution in [3.05, 3.63) is 63.9 Å². The average molecular weight is 433 g/mol. The fourth-order valence-corrected chi connectivity index (χ4v) is 4.27. The normalized spacial score (nSPS) is 12.6. The first kappa shape index (κ1) is 19.1. The highest BCUT2D eigenvalue weighted by Crippen LogP contribution is 2.35. The molecule has 0 saturated carbocycles. The molecule has 28 heavy (non-hydrogen) atoms. The third-order valence-corrected chi connectivity index (χ3v) is 6.09. The maximum Gasteiger partial charge on any atom is 0.237 e. The van der Waals surface area contributed by atoms with E-state index in [-0.39, 0.29) is 11.7 Å². The highest BCUT2D eigenvalue weighted by molar-refractivity contribution is 7.99. The van der Waals surface area contributed by atoms with E-state index in [0.717, 1.165) is 15.6 Å². The molecule has 0 atom stereocenters. The molecule has 1 aromatic carbocycles. The van der Waals surface area contributed by atoms with Crippen molar-refractivity contribution >= 4 is 46.3 Å². The Balaban J connectivity index is 1.54. The van der Waals surface area contributed by atoms with Crippen LogP contribution in [0.25, 0.3) is 0 Å². The van der Waals surface area contributed by atoms with Gasteiger partial charge in [0, 0.05) is 22.8 Å². The first-order chi connectivity index (χ1) is 13.7. The average Bonchev–Trinajstić information content (AvgIpc) is 3.24. The second-order valence-electron chi connectivity index (χ2n) is 5.99. The molecule has 0 N–H and O–H groups in total. The molecule has 1 aliphatic rings. The van der Waals surface area contributed by atoms with Crippen LogP contribution in [0.15, 0.2) is 59.1 Å². The molecule has 4 rings (SSSR count). The Morgan fingerprint density at radius 1 is 1.18 bits per heavy atom. The van der Waals surface area contributed by atoms with Crippen LogP contribution in [-0.2, 0) is 11.3 Å². The van der Waals surface area contributed by atoms with E-state index in [4.69, 9.17) is 21.1 Å². The summed E-state index contributed by atoms with van der Waals surface area (Å²) >= 11 is 8.89. The smallest absolute Gasteiger partial charge is 0.237 e. The van der Waals surface area contributed by atoms with Gasteiger partial charge in [0.25, 0.3) is 0 Å². The molecule has 1 aliphatic heterocycles. The quantitative estimate of drug-likeness (QED) is 0.519. The summed E-state index contributed by atoms with van der Waals surface area (Å²) in [6.45, 7) is 1.55. The van der Waals surface area contributed by atoms with Gasteiger partial charge in [-0.25, -0.2) is 4.98 Å². The van der Waals surface area contributed by atoms with E-state index >= 15 is 0 Å². The molecule has 0 unspecified atom stereocenters. The summed E-state index contributed by atoms with van der Waals surface area (Å²) in [6.07, 6.45) is 1.58. The van der Waals surface area contributed by atoms with Crippen LogP contribution in [0.1, 0.15) is 4.88 Å². The lowest BCUT2D eigenvalue weighted by Crippen LogP contribution is -2.31. The van der Waals surface area contributed by atoms with E-state index in [1.165, 1.54) is 11.8 Å². The van der Waals surface area contributed by atoms with Gasteiger partial charge in [0.05, 0.1) is 22.3 Å². The summed E-state index contributed by atoms with van der Waals surface area (Å²) in [5.41, 5.74) is 0.785. The molecule has 1 amide bonds. The van der Waals surface area contributed by atoms with Gasteiger partial charge in [0.2, 0.25) is 5.91 Å². The third kappa shape index (κ3) is 4.60. The van der Waals surface area contributed by atoms with Crippen LogP contribution in [-0.4, -0.2) is 29.9 Å². The Hall–Kier alpha value is -2.22. The second-order valence-corrected chi connectivity index (χ2v) is 8.45. The topological polar surface area (TPSA) is 51.7 Å². The van der Waals surface area contributed by atoms with Crippen LogP contribution in [0.2, 0.25) is 5.02 Å². The zero-order valence-electron chi connectivity index (χ0n) is 14.8. The van der Waals surface area contributed by atoms with Gasteiger partial charge in [0.15, 0.2) is 11.5 Å². The number of fused-ring (bicyclic) bond motifs is 1. The maximum atomic E-state index is 13.1. The number of nitrogens with zero attached hydrogens (tertiary/aromatic N) is 2.